The van der Waals surface area contributed by atoms with Gasteiger partial charge in [-0.05, 0) is 126 Å². The average molecular weight is 794 g/mol. The van der Waals surface area contributed by atoms with Crippen molar-refractivity contribution in [3.8, 4) is 0 Å². The summed E-state index contributed by atoms with van der Waals surface area (Å²) >= 11 is 1.92. The molecule has 0 radical (unpaired) electrons. The molecule has 0 aliphatic rings. The fourth-order valence-electron chi connectivity index (χ4n) is 9.47. The number of anilines is 6. The van der Waals surface area contributed by atoms with Crippen molar-refractivity contribution in [1.82, 2.24) is 4.40 Å². The first-order valence-corrected chi connectivity index (χ1v) is 22.5. The molecule has 0 amide bonds. The number of thiophene rings is 1. The molecule has 0 unspecified atom stereocenters. The Morgan fingerprint density at radius 1 is 0.433 bits per heavy atom. The van der Waals surface area contributed by atoms with Gasteiger partial charge >= 0.3 is 0 Å². The highest BCUT2D eigenvalue weighted by Crippen LogP contribution is 2.50. The molecule has 0 aliphatic carbocycles. The summed E-state index contributed by atoms with van der Waals surface area (Å²) in [7, 11) is 0. The van der Waals surface area contributed by atoms with Crippen LogP contribution in [0.2, 0.25) is 0 Å². The Morgan fingerprint density at radius 3 is 1.55 bits per heavy atom. The van der Waals surface area contributed by atoms with Crippen molar-refractivity contribution in [3.63, 3.8) is 0 Å². The Hall–Kier alpha value is -6.62. The van der Waals surface area contributed by atoms with Gasteiger partial charge in [-0.1, -0.05) is 124 Å². The quantitative estimate of drug-likeness (QED) is 0.122. The van der Waals surface area contributed by atoms with E-state index in [2.05, 4.69) is 204 Å². The number of aryl methyl sites for hydroxylation is 2. The van der Waals surface area contributed by atoms with Gasteiger partial charge < -0.3 is 9.80 Å². The Morgan fingerprint density at radius 2 is 0.950 bits per heavy atom. The highest BCUT2D eigenvalue weighted by atomic mass is 32.1. The summed E-state index contributed by atoms with van der Waals surface area (Å²) in [4.78, 5) is 6.11. The van der Waals surface area contributed by atoms with Crippen LogP contribution in [0.25, 0.3) is 58.3 Å². The lowest BCUT2D eigenvalue weighted by Crippen LogP contribution is -2.09. The van der Waals surface area contributed by atoms with Gasteiger partial charge in [0.15, 0.2) is 0 Å². The first-order chi connectivity index (χ1) is 29.7. The van der Waals surface area contributed by atoms with E-state index in [-0.39, 0.29) is 0 Å². The van der Waals surface area contributed by atoms with Gasteiger partial charge in [0.1, 0.15) is 4.83 Å². The summed E-state index contributed by atoms with van der Waals surface area (Å²) < 4.78 is 3.87. The van der Waals surface area contributed by atoms with Crippen molar-refractivity contribution in [2.24, 2.45) is 0 Å². The predicted molar refractivity (Wildman–Crippen MR) is 261 cm³/mol. The van der Waals surface area contributed by atoms with Crippen molar-refractivity contribution < 1.29 is 0 Å². The number of aromatic nitrogens is 1. The topological polar surface area (TPSA) is 10.9 Å². The molecule has 4 heteroatoms. The molecule has 3 heterocycles. The second-order valence-electron chi connectivity index (χ2n) is 16.3. The third-order valence-electron chi connectivity index (χ3n) is 12.4. The van der Waals surface area contributed by atoms with E-state index in [1.54, 1.807) is 0 Å². The van der Waals surface area contributed by atoms with Crippen LogP contribution >= 0.6 is 11.3 Å². The average Bonchev–Trinajstić information content (AvgIpc) is 3.94. The number of nitrogens with zero attached hydrogens (tertiary/aromatic N) is 3. The number of para-hydroxylation sites is 2. The molecular formula is C56H47N3S. The molecule has 0 fully saturated rings. The van der Waals surface area contributed by atoms with E-state index in [0.717, 1.165) is 35.6 Å². The molecule has 11 rings (SSSR count). The maximum absolute atomic E-state index is 2.58. The van der Waals surface area contributed by atoms with Gasteiger partial charge in [0.2, 0.25) is 0 Å². The predicted octanol–water partition coefficient (Wildman–Crippen LogP) is 16.8. The first kappa shape index (κ1) is 36.5. The van der Waals surface area contributed by atoms with Gasteiger partial charge in [-0.25, -0.2) is 0 Å². The molecule has 8 aromatic carbocycles. The van der Waals surface area contributed by atoms with Gasteiger partial charge in [0, 0.05) is 65.8 Å². The summed E-state index contributed by atoms with van der Waals surface area (Å²) in [5.41, 5.74) is 12.3. The van der Waals surface area contributed by atoms with Gasteiger partial charge in [0.05, 0.1) is 11.0 Å². The SMILES string of the molecule is CCCCc1ccc(N(c2ccccc2)c2ccc3c(c2)sc2c3c3c4ccccc4cc4c5ccc(N(c6ccccc6)c6ccc(CCCC)cc6)cc5n2c43)cc1. The van der Waals surface area contributed by atoms with Crippen LogP contribution < -0.4 is 9.80 Å². The van der Waals surface area contributed by atoms with E-state index < -0.39 is 0 Å². The van der Waals surface area contributed by atoms with Crippen LogP contribution in [0.3, 0.4) is 0 Å². The Balaban J connectivity index is 1.13. The second-order valence-corrected chi connectivity index (χ2v) is 17.3. The van der Waals surface area contributed by atoms with Crippen molar-refractivity contribution >= 4 is 104 Å². The molecule has 3 nitrogen and oxygen atoms in total. The Bertz CT molecular complexity index is 3270. The smallest absolute Gasteiger partial charge is 0.109 e. The normalized spacial score (nSPS) is 11.9. The van der Waals surface area contributed by atoms with Gasteiger partial charge in [-0.2, -0.15) is 0 Å². The Kier molecular flexibility index (Phi) is 9.24. The standard InChI is InChI=1S/C56H47N3S/c1-3-5-15-38-23-27-43(28-24-38)57(41-18-9-7-10-19-41)45-31-33-48-50-35-40-17-13-14-22-47(40)53-54-49-34-32-46(37-52(49)60-56(54)59(55(50)53)51(48)36-45)58(42-20-11-8-12-21-42)44-29-25-39(26-30-44)16-6-4-2/h7-14,17-37H,3-6,15-16H2,1-2H3. The molecule has 0 atom stereocenters. The number of hydrogen-bond acceptors (Lipinski definition) is 3. The highest BCUT2D eigenvalue weighted by molar-refractivity contribution is 7.25. The summed E-state index contributed by atoms with van der Waals surface area (Å²) in [5, 5.41) is 9.17. The number of fused-ring (bicyclic) bond motifs is 10. The second kappa shape index (κ2) is 15.2. The van der Waals surface area contributed by atoms with Crippen LogP contribution in [0.15, 0.2) is 176 Å². The summed E-state index contributed by atoms with van der Waals surface area (Å²) in [6.45, 7) is 4.52. The van der Waals surface area contributed by atoms with Gasteiger partial charge in [0.25, 0.3) is 0 Å². The maximum Gasteiger partial charge on any atom is 0.109 e. The van der Waals surface area contributed by atoms with Crippen LogP contribution in [-0.2, 0) is 12.8 Å². The van der Waals surface area contributed by atoms with E-state index in [9.17, 15) is 0 Å². The molecule has 0 bridgehead atoms. The number of rotatable bonds is 12. The van der Waals surface area contributed by atoms with Crippen molar-refractivity contribution in [2.75, 3.05) is 9.80 Å². The molecular weight excluding hydrogens is 747 g/mol. The van der Waals surface area contributed by atoms with E-state index in [4.69, 9.17) is 0 Å². The van der Waals surface area contributed by atoms with Crippen LogP contribution in [-0.4, -0.2) is 4.40 Å². The molecule has 0 N–H and O–H groups in total. The highest BCUT2D eigenvalue weighted by Gasteiger charge is 2.25. The minimum atomic E-state index is 1.11. The third-order valence-corrected chi connectivity index (χ3v) is 13.6. The third kappa shape index (κ3) is 6.09. The molecule has 11 aromatic rings. The van der Waals surface area contributed by atoms with E-state index in [0.29, 0.717) is 0 Å². The Labute approximate surface area is 355 Å². The fourth-order valence-corrected chi connectivity index (χ4v) is 10.7. The molecule has 3 aromatic heterocycles. The molecule has 292 valence electrons. The van der Waals surface area contributed by atoms with Gasteiger partial charge in [-0.3, -0.25) is 4.40 Å². The maximum atomic E-state index is 2.58. The van der Waals surface area contributed by atoms with Crippen LogP contribution in [0, 0.1) is 0 Å². The number of benzene rings is 8. The van der Waals surface area contributed by atoms with Crippen molar-refractivity contribution in [2.45, 2.75) is 52.4 Å². The lowest BCUT2D eigenvalue weighted by Gasteiger charge is -2.26. The first-order valence-electron chi connectivity index (χ1n) is 21.6. The fraction of sp³-hybridized carbons (Fsp3) is 0.143. The zero-order valence-corrected chi connectivity index (χ0v) is 35.1. The zero-order valence-electron chi connectivity index (χ0n) is 34.2. The molecule has 0 saturated heterocycles. The minimum Gasteiger partial charge on any atom is -0.310 e. The van der Waals surface area contributed by atoms with E-state index >= 15 is 0 Å². The molecule has 0 saturated carbocycles. The van der Waals surface area contributed by atoms with Gasteiger partial charge in [-0.15, -0.1) is 11.3 Å². The van der Waals surface area contributed by atoms with Crippen LogP contribution in [0.1, 0.15) is 50.7 Å². The van der Waals surface area contributed by atoms with Crippen molar-refractivity contribution in [3.05, 3.63) is 187 Å². The van der Waals surface area contributed by atoms with Crippen LogP contribution in [0.5, 0.6) is 0 Å². The van der Waals surface area contributed by atoms with Crippen LogP contribution in [0.4, 0.5) is 34.1 Å². The lowest BCUT2D eigenvalue weighted by molar-refractivity contribution is 0.795. The summed E-state index contributed by atoms with van der Waals surface area (Å²) in [5.74, 6) is 0. The minimum absolute atomic E-state index is 1.11. The zero-order chi connectivity index (χ0) is 40.2. The molecule has 0 spiro atoms. The molecule has 60 heavy (non-hydrogen) atoms. The largest absolute Gasteiger partial charge is 0.310 e. The van der Waals surface area contributed by atoms with E-state index in [1.165, 1.54) is 106 Å². The molecule has 0 aliphatic heterocycles. The van der Waals surface area contributed by atoms with E-state index in [1.807, 2.05) is 11.3 Å². The summed E-state index contributed by atoms with van der Waals surface area (Å²) in [6, 6.07) is 65.6. The lowest BCUT2D eigenvalue weighted by atomic mass is 9.99. The number of unbranched alkanes of at least 4 members (excludes halogenated alkanes) is 2. The number of hydrogen-bond donors (Lipinski definition) is 0. The monoisotopic (exact) mass is 793 g/mol. The summed E-state index contributed by atoms with van der Waals surface area (Å²) in [6.07, 6.45) is 7.05. The van der Waals surface area contributed by atoms with Crippen molar-refractivity contribution in [1.29, 1.82) is 0 Å².